The van der Waals surface area contributed by atoms with Crippen LogP contribution >= 0.6 is 0 Å². The summed E-state index contributed by atoms with van der Waals surface area (Å²) in [4.78, 5) is 3.95. The summed E-state index contributed by atoms with van der Waals surface area (Å²) >= 11 is 0. The van der Waals surface area contributed by atoms with Crippen LogP contribution in [-0.2, 0) is 4.74 Å². The molecular formula is C9H15NO. The highest BCUT2D eigenvalue weighted by molar-refractivity contribution is 5.54. The highest BCUT2D eigenvalue weighted by Gasteiger charge is 2.34. The van der Waals surface area contributed by atoms with Crippen molar-refractivity contribution in [1.29, 1.82) is 0 Å². The lowest BCUT2D eigenvalue weighted by Gasteiger charge is -2.38. The molecule has 0 aromatic carbocycles. The lowest BCUT2D eigenvalue weighted by molar-refractivity contribution is -0.0454. The zero-order valence-corrected chi connectivity index (χ0v) is 7.26. The van der Waals surface area contributed by atoms with E-state index in [1.807, 2.05) is 6.92 Å². The summed E-state index contributed by atoms with van der Waals surface area (Å²) in [6.45, 7) is 7.65. The minimum Gasteiger partial charge on any atom is -0.472 e. The van der Waals surface area contributed by atoms with E-state index in [1.54, 1.807) is 6.21 Å². The standard InChI is InChI=1S/C9H15NO/c1-4-10-8(2)11-9(3)6-5-7-9/h4H,2,5-7H2,1,3H3/b10-4-. The van der Waals surface area contributed by atoms with Gasteiger partial charge >= 0.3 is 0 Å². The molecular weight excluding hydrogens is 138 g/mol. The van der Waals surface area contributed by atoms with Crippen molar-refractivity contribution in [1.82, 2.24) is 0 Å². The molecule has 2 nitrogen and oxygen atoms in total. The maximum atomic E-state index is 5.52. The van der Waals surface area contributed by atoms with E-state index in [-0.39, 0.29) is 5.60 Å². The van der Waals surface area contributed by atoms with Gasteiger partial charge in [-0.05, 0) is 39.7 Å². The molecule has 0 bridgehead atoms. The number of hydrogen-bond donors (Lipinski definition) is 0. The van der Waals surface area contributed by atoms with Crippen LogP contribution in [0.3, 0.4) is 0 Å². The Bertz CT molecular complexity index is 180. The number of hydrogen-bond acceptors (Lipinski definition) is 2. The van der Waals surface area contributed by atoms with Crippen molar-refractivity contribution in [2.24, 2.45) is 4.99 Å². The Morgan fingerprint density at radius 1 is 1.64 bits per heavy atom. The molecule has 1 saturated carbocycles. The number of aliphatic imine (C=N–C) groups is 1. The van der Waals surface area contributed by atoms with Crippen LogP contribution < -0.4 is 0 Å². The van der Waals surface area contributed by atoms with Crippen LogP contribution in [0.2, 0.25) is 0 Å². The molecule has 1 rings (SSSR count). The first-order chi connectivity index (χ1) is 5.16. The lowest BCUT2D eigenvalue weighted by atomic mass is 9.82. The van der Waals surface area contributed by atoms with E-state index in [0.29, 0.717) is 5.88 Å². The second-order valence-corrected chi connectivity index (χ2v) is 3.19. The zero-order valence-electron chi connectivity index (χ0n) is 7.26. The van der Waals surface area contributed by atoms with Gasteiger partial charge in [0.05, 0.1) is 0 Å². The van der Waals surface area contributed by atoms with Crippen LogP contribution in [0.25, 0.3) is 0 Å². The molecule has 0 radical (unpaired) electrons. The summed E-state index contributed by atoms with van der Waals surface area (Å²) in [5.74, 6) is 0.537. The summed E-state index contributed by atoms with van der Waals surface area (Å²) in [7, 11) is 0. The minimum absolute atomic E-state index is 0.0313. The number of ether oxygens (including phenoxy) is 1. The van der Waals surface area contributed by atoms with E-state index in [9.17, 15) is 0 Å². The summed E-state index contributed by atoms with van der Waals surface area (Å²) in [6, 6.07) is 0. The van der Waals surface area contributed by atoms with Gasteiger partial charge in [-0.3, -0.25) is 0 Å². The summed E-state index contributed by atoms with van der Waals surface area (Å²) in [6.07, 6.45) is 5.22. The molecule has 2 heteroatoms. The molecule has 0 N–H and O–H groups in total. The van der Waals surface area contributed by atoms with Crippen molar-refractivity contribution in [2.75, 3.05) is 0 Å². The third-order valence-electron chi connectivity index (χ3n) is 2.05. The van der Waals surface area contributed by atoms with E-state index in [4.69, 9.17) is 4.74 Å². The second-order valence-electron chi connectivity index (χ2n) is 3.19. The maximum absolute atomic E-state index is 5.52. The van der Waals surface area contributed by atoms with Crippen molar-refractivity contribution in [3.63, 3.8) is 0 Å². The van der Waals surface area contributed by atoms with Crippen molar-refractivity contribution < 1.29 is 4.74 Å². The smallest absolute Gasteiger partial charge is 0.205 e. The average molecular weight is 153 g/mol. The monoisotopic (exact) mass is 153 g/mol. The topological polar surface area (TPSA) is 21.6 Å². The predicted octanol–water partition coefficient (Wildman–Crippen LogP) is 2.51. The van der Waals surface area contributed by atoms with E-state index in [1.165, 1.54) is 6.42 Å². The van der Waals surface area contributed by atoms with Crippen LogP contribution in [0.15, 0.2) is 17.5 Å². The number of rotatable bonds is 3. The Balaban J connectivity index is 2.35. The third-order valence-corrected chi connectivity index (χ3v) is 2.05. The molecule has 0 aliphatic heterocycles. The van der Waals surface area contributed by atoms with Gasteiger partial charge in [0, 0.05) is 6.21 Å². The molecule has 0 heterocycles. The quantitative estimate of drug-likeness (QED) is 0.451. The first-order valence-electron chi connectivity index (χ1n) is 4.03. The van der Waals surface area contributed by atoms with Crippen molar-refractivity contribution in [3.05, 3.63) is 12.5 Å². The fraction of sp³-hybridized carbons (Fsp3) is 0.667. The molecule has 1 aliphatic carbocycles. The fourth-order valence-electron chi connectivity index (χ4n) is 1.23. The Kier molecular flexibility index (Phi) is 2.32. The average Bonchev–Trinajstić information content (AvgIpc) is 1.85. The largest absolute Gasteiger partial charge is 0.472 e. The molecule has 0 amide bonds. The van der Waals surface area contributed by atoms with Gasteiger partial charge < -0.3 is 4.74 Å². The SMILES string of the molecule is C=C(/N=C\C)OC1(C)CCC1. The zero-order chi connectivity index (χ0) is 8.32. The normalized spacial score (nSPS) is 21.3. The van der Waals surface area contributed by atoms with Gasteiger partial charge in [-0.1, -0.05) is 0 Å². The molecule has 0 aromatic rings. The van der Waals surface area contributed by atoms with Gasteiger partial charge in [0.2, 0.25) is 5.88 Å². The van der Waals surface area contributed by atoms with Gasteiger partial charge in [0.15, 0.2) is 0 Å². The Hall–Kier alpha value is -0.790. The first kappa shape index (κ1) is 8.31. The van der Waals surface area contributed by atoms with Gasteiger partial charge in [-0.15, -0.1) is 0 Å². The molecule has 1 fully saturated rings. The molecule has 0 unspecified atom stereocenters. The van der Waals surface area contributed by atoms with Crippen molar-refractivity contribution in [2.45, 2.75) is 38.7 Å². The minimum atomic E-state index is 0.0313. The molecule has 0 aromatic heterocycles. The van der Waals surface area contributed by atoms with Crippen LogP contribution in [0.1, 0.15) is 33.1 Å². The highest BCUT2D eigenvalue weighted by Crippen LogP contribution is 2.36. The van der Waals surface area contributed by atoms with E-state index < -0.39 is 0 Å². The van der Waals surface area contributed by atoms with E-state index in [2.05, 4.69) is 18.5 Å². The molecule has 62 valence electrons. The molecule has 0 atom stereocenters. The predicted molar refractivity (Wildman–Crippen MR) is 46.6 cm³/mol. The van der Waals surface area contributed by atoms with Gasteiger partial charge in [-0.2, -0.15) is 0 Å². The first-order valence-corrected chi connectivity index (χ1v) is 4.03. The molecule has 11 heavy (non-hydrogen) atoms. The van der Waals surface area contributed by atoms with Crippen LogP contribution in [0.5, 0.6) is 0 Å². The van der Waals surface area contributed by atoms with E-state index in [0.717, 1.165) is 12.8 Å². The number of nitrogens with zero attached hydrogens (tertiary/aromatic N) is 1. The maximum Gasteiger partial charge on any atom is 0.205 e. The Morgan fingerprint density at radius 2 is 2.27 bits per heavy atom. The van der Waals surface area contributed by atoms with Crippen molar-refractivity contribution in [3.8, 4) is 0 Å². The molecule has 0 spiro atoms. The molecule has 0 saturated heterocycles. The fourth-order valence-corrected chi connectivity index (χ4v) is 1.23. The van der Waals surface area contributed by atoms with Gasteiger partial charge in [-0.25, -0.2) is 4.99 Å². The van der Waals surface area contributed by atoms with Crippen molar-refractivity contribution >= 4 is 6.21 Å². The lowest BCUT2D eigenvalue weighted by Crippen LogP contribution is -2.35. The Morgan fingerprint density at radius 3 is 2.64 bits per heavy atom. The summed E-state index contributed by atoms with van der Waals surface area (Å²) < 4.78 is 5.52. The van der Waals surface area contributed by atoms with Crippen LogP contribution in [-0.4, -0.2) is 11.8 Å². The summed E-state index contributed by atoms with van der Waals surface area (Å²) in [5.41, 5.74) is 0.0313. The second kappa shape index (κ2) is 3.07. The summed E-state index contributed by atoms with van der Waals surface area (Å²) in [5, 5.41) is 0. The van der Waals surface area contributed by atoms with Gasteiger partial charge in [0.25, 0.3) is 0 Å². The van der Waals surface area contributed by atoms with E-state index >= 15 is 0 Å². The van der Waals surface area contributed by atoms with Crippen LogP contribution in [0.4, 0.5) is 0 Å². The van der Waals surface area contributed by atoms with Crippen LogP contribution in [0, 0.1) is 0 Å². The van der Waals surface area contributed by atoms with Gasteiger partial charge in [0.1, 0.15) is 5.60 Å². The molecule has 1 aliphatic rings. The Labute approximate surface area is 68.0 Å². The highest BCUT2D eigenvalue weighted by atomic mass is 16.5. The third kappa shape index (κ3) is 2.07.